The molecule has 1 aliphatic rings. The Balaban J connectivity index is 1.47. The van der Waals surface area contributed by atoms with Gasteiger partial charge in [-0.3, -0.25) is 29.4 Å². The van der Waals surface area contributed by atoms with Crippen molar-refractivity contribution in [2.75, 3.05) is 11.9 Å². The van der Waals surface area contributed by atoms with Crippen molar-refractivity contribution in [1.82, 2.24) is 4.90 Å². The van der Waals surface area contributed by atoms with E-state index >= 15 is 0 Å². The maximum absolute atomic E-state index is 13.0. The standard InChI is InChI=1S/C25H17BrClN3O6S/c26-17-7-10-21(36-14-23(31)28-20-4-2-1-3-19(20)27)16(11-17)12-22-24(32)29(25(33)37-22)13-15-5-8-18(9-6-15)30(34)35/h1-12H,13-14H2,(H,28,31)/b22-12-. The molecule has 3 aromatic rings. The highest BCUT2D eigenvalue weighted by Gasteiger charge is 2.35. The van der Waals surface area contributed by atoms with Gasteiger partial charge in [-0.25, -0.2) is 0 Å². The summed E-state index contributed by atoms with van der Waals surface area (Å²) in [5, 5.41) is 13.4. The van der Waals surface area contributed by atoms with Crippen LogP contribution < -0.4 is 10.1 Å². The summed E-state index contributed by atoms with van der Waals surface area (Å²) >= 11 is 10.2. The zero-order valence-electron chi connectivity index (χ0n) is 18.9. The Morgan fingerprint density at radius 2 is 1.86 bits per heavy atom. The maximum Gasteiger partial charge on any atom is 0.293 e. The van der Waals surface area contributed by atoms with Crippen molar-refractivity contribution in [3.05, 3.63) is 102 Å². The lowest BCUT2D eigenvalue weighted by Gasteiger charge is -2.12. The molecule has 0 aromatic heterocycles. The Labute approximate surface area is 228 Å². The average Bonchev–Trinajstić information content (AvgIpc) is 3.12. The highest BCUT2D eigenvalue weighted by Crippen LogP contribution is 2.36. The van der Waals surface area contributed by atoms with Gasteiger partial charge >= 0.3 is 0 Å². The Bertz CT molecular complexity index is 1430. The molecule has 9 nitrogen and oxygen atoms in total. The number of thioether (sulfide) groups is 1. The van der Waals surface area contributed by atoms with Gasteiger partial charge in [0.15, 0.2) is 6.61 Å². The summed E-state index contributed by atoms with van der Waals surface area (Å²) in [5.74, 6) is -0.596. The van der Waals surface area contributed by atoms with Crippen LogP contribution in [0.3, 0.4) is 0 Å². The van der Waals surface area contributed by atoms with E-state index in [1.165, 1.54) is 30.3 Å². The monoisotopic (exact) mass is 601 g/mol. The van der Waals surface area contributed by atoms with E-state index in [1.54, 1.807) is 42.5 Å². The maximum atomic E-state index is 13.0. The van der Waals surface area contributed by atoms with Gasteiger partial charge in [-0.1, -0.05) is 51.8 Å². The number of ether oxygens (including phenoxy) is 1. The number of rotatable bonds is 8. The summed E-state index contributed by atoms with van der Waals surface area (Å²) in [5.41, 5.74) is 1.43. The normalized spacial score (nSPS) is 14.2. The highest BCUT2D eigenvalue weighted by molar-refractivity contribution is 9.10. The second-order valence-electron chi connectivity index (χ2n) is 7.69. The van der Waals surface area contributed by atoms with Crippen molar-refractivity contribution in [3.8, 4) is 5.75 Å². The molecule has 0 saturated carbocycles. The topological polar surface area (TPSA) is 119 Å². The first-order chi connectivity index (χ1) is 17.7. The van der Waals surface area contributed by atoms with Crippen molar-refractivity contribution < 1.29 is 24.0 Å². The molecule has 1 aliphatic heterocycles. The number of imide groups is 1. The fourth-order valence-corrected chi connectivity index (χ4v) is 4.73. The zero-order chi connectivity index (χ0) is 26.5. The SMILES string of the molecule is O=C(COc1ccc(Br)cc1/C=C1\SC(=O)N(Cc2ccc([N+](=O)[O-])cc2)C1=O)Nc1ccccc1Cl. The number of carbonyl (C=O) groups is 3. The molecule has 1 saturated heterocycles. The molecule has 0 spiro atoms. The van der Waals surface area contributed by atoms with Gasteiger partial charge in [-0.05, 0) is 53.7 Å². The molecule has 0 bridgehead atoms. The van der Waals surface area contributed by atoms with Crippen LogP contribution in [0.4, 0.5) is 16.2 Å². The number of halogens is 2. The van der Waals surface area contributed by atoms with E-state index in [9.17, 15) is 24.5 Å². The van der Waals surface area contributed by atoms with Gasteiger partial charge in [0.2, 0.25) is 0 Å². The second-order valence-corrected chi connectivity index (χ2v) is 10.0. The molecular weight excluding hydrogens is 586 g/mol. The Hall–Kier alpha value is -3.67. The molecule has 1 heterocycles. The summed E-state index contributed by atoms with van der Waals surface area (Å²) in [7, 11) is 0. The van der Waals surface area contributed by atoms with E-state index < -0.39 is 22.0 Å². The van der Waals surface area contributed by atoms with E-state index in [4.69, 9.17) is 16.3 Å². The van der Waals surface area contributed by atoms with Crippen LogP contribution in [0.5, 0.6) is 5.75 Å². The molecule has 0 aliphatic carbocycles. The third-order valence-electron chi connectivity index (χ3n) is 5.13. The zero-order valence-corrected chi connectivity index (χ0v) is 22.0. The van der Waals surface area contributed by atoms with Crippen LogP contribution in [0.15, 0.2) is 76.1 Å². The predicted molar refractivity (Wildman–Crippen MR) is 144 cm³/mol. The molecule has 37 heavy (non-hydrogen) atoms. The van der Waals surface area contributed by atoms with E-state index in [-0.39, 0.29) is 23.7 Å². The van der Waals surface area contributed by atoms with E-state index in [0.29, 0.717) is 32.1 Å². The number of carbonyl (C=O) groups excluding carboxylic acids is 3. The summed E-state index contributed by atoms with van der Waals surface area (Å²) in [6.45, 7) is -0.334. The minimum absolute atomic E-state index is 0.0238. The first-order valence-corrected chi connectivity index (χ1v) is 12.7. The number of nitro groups is 1. The first-order valence-electron chi connectivity index (χ1n) is 10.7. The van der Waals surface area contributed by atoms with Gasteiger partial charge in [-0.15, -0.1) is 0 Å². The first kappa shape index (κ1) is 26.4. The van der Waals surface area contributed by atoms with Crippen LogP contribution in [0.2, 0.25) is 5.02 Å². The minimum atomic E-state index is -0.523. The number of anilines is 1. The lowest BCUT2D eigenvalue weighted by atomic mass is 10.1. The number of hydrogen-bond acceptors (Lipinski definition) is 7. The summed E-state index contributed by atoms with van der Waals surface area (Å²) in [6.07, 6.45) is 1.52. The number of benzene rings is 3. The number of nitrogens with one attached hydrogen (secondary N) is 1. The van der Waals surface area contributed by atoms with Crippen LogP contribution in [-0.4, -0.2) is 33.5 Å². The molecular formula is C25H17BrClN3O6S. The predicted octanol–water partition coefficient (Wildman–Crippen LogP) is 6.26. The number of non-ortho nitro benzene ring substituents is 1. The lowest BCUT2D eigenvalue weighted by Crippen LogP contribution is -2.27. The van der Waals surface area contributed by atoms with Gasteiger partial charge in [0, 0.05) is 22.2 Å². The van der Waals surface area contributed by atoms with Crippen molar-refractivity contribution in [2.45, 2.75) is 6.54 Å². The second kappa shape index (κ2) is 11.6. The van der Waals surface area contributed by atoms with Crippen molar-refractivity contribution in [3.63, 3.8) is 0 Å². The number of hydrogen-bond donors (Lipinski definition) is 1. The number of amides is 3. The Morgan fingerprint density at radius 3 is 2.57 bits per heavy atom. The van der Waals surface area contributed by atoms with Crippen LogP contribution in [0.25, 0.3) is 6.08 Å². The van der Waals surface area contributed by atoms with Gasteiger partial charge < -0.3 is 10.1 Å². The molecule has 0 unspecified atom stereocenters. The largest absolute Gasteiger partial charge is 0.483 e. The molecule has 3 amide bonds. The van der Waals surface area contributed by atoms with E-state index in [0.717, 1.165) is 16.7 Å². The summed E-state index contributed by atoms with van der Waals surface area (Å²) < 4.78 is 6.40. The number of nitrogens with zero attached hydrogens (tertiary/aromatic N) is 2. The lowest BCUT2D eigenvalue weighted by molar-refractivity contribution is -0.384. The van der Waals surface area contributed by atoms with Crippen molar-refractivity contribution >= 4 is 73.8 Å². The van der Waals surface area contributed by atoms with E-state index in [2.05, 4.69) is 21.2 Å². The molecule has 1 fully saturated rings. The Kier molecular flexibility index (Phi) is 8.27. The minimum Gasteiger partial charge on any atom is -0.483 e. The fraction of sp³-hybridized carbons (Fsp3) is 0.0800. The molecule has 188 valence electrons. The Morgan fingerprint density at radius 1 is 1.14 bits per heavy atom. The number of para-hydroxylation sites is 1. The van der Waals surface area contributed by atoms with Crippen LogP contribution in [0.1, 0.15) is 11.1 Å². The number of nitro benzene ring substituents is 1. The summed E-state index contributed by atoms with van der Waals surface area (Å²) in [6, 6.07) is 17.5. The molecule has 4 rings (SSSR count). The average molecular weight is 603 g/mol. The van der Waals surface area contributed by atoms with Gasteiger partial charge in [0.1, 0.15) is 5.75 Å². The molecule has 1 N–H and O–H groups in total. The molecule has 12 heteroatoms. The molecule has 3 aromatic carbocycles. The van der Waals surface area contributed by atoms with Crippen molar-refractivity contribution in [2.24, 2.45) is 0 Å². The molecule has 0 atom stereocenters. The van der Waals surface area contributed by atoms with Crippen LogP contribution >= 0.6 is 39.3 Å². The quantitative estimate of drug-likeness (QED) is 0.183. The van der Waals surface area contributed by atoms with Gasteiger partial charge in [-0.2, -0.15) is 0 Å². The van der Waals surface area contributed by atoms with Gasteiger partial charge in [0.25, 0.3) is 22.7 Å². The van der Waals surface area contributed by atoms with Crippen LogP contribution in [0, 0.1) is 10.1 Å². The van der Waals surface area contributed by atoms with E-state index in [1.807, 2.05) is 0 Å². The molecule has 0 radical (unpaired) electrons. The fourth-order valence-electron chi connectivity index (χ4n) is 3.34. The summed E-state index contributed by atoms with van der Waals surface area (Å²) in [4.78, 5) is 49.4. The third-order valence-corrected chi connectivity index (χ3v) is 6.86. The van der Waals surface area contributed by atoms with Gasteiger partial charge in [0.05, 0.1) is 27.1 Å². The third kappa shape index (κ3) is 6.56. The van der Waals surface area contributed by atoms with Crippen LogP contribution in [-0.2, 0) is 16.1 Å². The van der Waals surface area contributed by atoms with Crippen molar-refractivity contribution in [1.29, 1.82) is 0 Å². The smallest absolute Gasteiger partial charge is 0.293 e. The highest BCUT2D eigenvalue weighted by atomic mass is 79.9.